The van der Waals surface area contributed by atoms with Crippen LogP contribution in [0.1, 0.15) is 31.0 Å². The number of hydrogen-bond donors (Lipinski definition) is 2. The van der Waals surface area contributed by atoms with Gasteiger partial charge in [0.2, 0.25) is 5.78 Å². The van der Waals surface area contributed by atoms with E-state index in [0.717, 1.165) is 13.1 Å². The number of ether oxygens (including phenoxy) is 1. The first-order valence-corrected chi connectivity index (χ1v) is 11.1. The number of carbonyl (C=O) groups excluding carboxylic acids is 2. The third-order valence-electron chi connectivity index (χ3n) is 5.93. The van der Waals surface area contributed by atoms with Gasteiger partial charge < -0.3 is 24.7 Å². The molecule has 2 aromatic rings. The van der Waals surface area contributed by atoms with Crippen molar-refractivity contribution in [3.63, 3.8) is 0 Å². The Morgan fingerprint density at radius 3 is 2.33 bits per heavy atom. The fraction of sp³-hybridized carbons (Fsp3) is 0.308. The predicted octanol–water partition coefficient (Wildman–Crippen LogP) is 1.11. The summed E-state index contributed by atoms with van der Waals surface area (Å²) in [6.45, 7) is 10.9. The van der Waals surface area contributed by atoms with Gasteiger partial charge in [-0.2, -0.15) is 0 Å². The number of Topliss-reactive ketones (excluding diaryl/α,β-unsaturated/α-hetero) is 1. The second kappa shape index (κ2) is 10.8. The third kappa shape index (κ3) is 5.26. The van der Waals surface area contributed by atoms with Gasteiger partial charge in [0, 0.05) is 5.57 Å². The first-order valence-electron chi connectivity index (χ1n) is 11.1. The number of rotatable bonds is 10. The minimum absolute atomic E-state index is 0.0662. The van der Waals surface area contributed by atoms with Crippen LogP contribution in [0.15, 0.2) is 66.8 Å². The average Bonchev–Trinajstić information content (AvgIpc) is 3.08. The summed E-state index contributed by atoms with van der Waals surface area (Å²) in [6.07, 6.45) is 1.62. The van der Waals surface area contributed by atoms with Crippen molar-refractivity contribution in [3.8, 4) is 11.5 Å². The van der Waals surface area contributed by atoms with Crippen LogP contribution in [0.25, 0.3) is 5.76 Å². The number of phenols is 1. The fourth-order valence-corrected chi connectivity index (χ4v) is 4.00. The number of likely N-dealkylation sites (N-methyl/N-ethyl adjacent to an activating group) is 1. The van der Waals surface area contributed by atoms with Crippen LogP contribution >= 0.6 is 0 Å². The van der Waals surface area contributed by atoms with Crippen LogP contribution in [-0.4, -0.2) is 54.5 Å². The van der Waals surface area contributed by atoms with Crippen molar-refractivity contribution in [1.82, 2.24) is 4.90 Å². The number of carbonyl (C=O) groups is 2. The summed E-state index contributed by atoms with van der Waals surface area (Å²) in [4.78, 5) is 28.8. The molecule has 0 saturated carbocycles. The maximum atomic E-state index is 13.4. The SMILES string of the molecule is C=CCOc1ccc(C([O-])=C2C(=O)C(=O)N(CC[NH+](CC)CC)C2c2ccc(O)cc2)cc1. The minimum atomic E-state index is -0.801. The highest BCUT2D eigenvalue weighted by Gasteiger charge is 2.44. The van der Waals surface area contributed by atoms with Crippen molar-refractivity contribution in [2.45, 2.75) is 19.9 Å². The number of quaternary nitrogens is 1. The molecular weight excluding hydrogens is 420 g/mol. The van der Waals surface area contributed by atoms with E-state index in [0.29, 0.717) is 36.6 Å². The molecule has 33 heavy (non-hydrogen) atoms. The van der Waals surface area contributed by atoms with Gasteiger partial charge in [0.1, 0.15) is 18.1 Å². The highest BCUT2D eigenvalue weighted by atomic mass is 16.5. The third-order valence-corrected chi connectivity index (χ3v) is 5.93. The normalized spacial score (nSPS) is 17.5. The summed E-state index contributed by atoms with van der Waals surface area (Å²) in [7, 11) is 0. The van der Waals surface area contributed by atoms with Gasteiger partial charge in [0.15, 0.2) is 0 Å². The predicted molar refractivity (Wildman–Crippen MR) is 124 cm³/mol. The number of likely N-dealkylation sites (tertiary alicyclic amines) is 1. The molecule has 174 valence electrons. The molecule has 1 saturated heterocycles. The number of nitrogens with zero attached hydrogens (tertiary/aromatic N) is 1. The molecule has 2 N–H and O–H groups in total. The van der Waals surface area contributed by atoms with Crippen LogP contribution in [-0.2, 0) is 9.59 Å². The smallest absolute Gasteiger partial charge is 0.295 e. The van der Waals surface area contributed by atoms with Gasteiger partial charge in [-0.25, -0.2) is 0 Å². The summed E-state index contributed by atoms with van der Waals surface area (Å²) >= 11 is 0. The van der Waals surface area contributed by atoms with E-state index in [1.807, 2.05) is 0 Å². The van der Waals surface area contributed by atoms with Crippen LogP contribution in [0.3, 0.4) is 0 Å². The van der Waals surface area contributed by atoms with Gasteiger partial charge in [-0.05, 0) is 49.2 Å². The second-order valence-electron chi connectivity index (χ2n) is 7.90. The number of hydrogen-bond acceptors (Lipinski definition) is 5. The van der Waals surface area contributed by atoms with Gasteiger partial charge in [0.05, 0.1) is 32.2 Å². The topological polar surface area (TPSA) is 94.3 Å². The van der Waals surface area contributed by atoms with Crippen LogP contribution in [0.2, 0.25) is 0 Å². The van der Waals surface area contributed by atoms with Crippen molar-refractivity contribution in [2.24, 2.45) is 0 Å². The Balaban J connectivity index is 2.03. The molecule has 1 unspecified atom stereocenters. The van der Waals surface area contributed by atoms with E-state index < -0.39 is 23.5 Å². The number of benzene rings is 2. The van der Waals surface area contributed by atoms with E-state index in [1.54, 1.807) is 42.5 Å². The number of phenolic OH excluding ortho intramolecular Hbond substituents is 1. The molecule has 0 spiro atoms. The Kier molecular flexibility index (Phi) is 7.90. The van der Waals surface area contributed by atoms with Gasteiger partial charge in [-0.3, -0.25) is 9.59 Å². The first-order chi connectivity index (χ1) is 15.9. The van der Waals surface area contributed by atoms with Crippen LogP contribution in [0.4, 0.5) is 0 Å². The molecule has 1 aliphatic rings. The van der Waals surface area contributed by atoms with Crippen LogP contribution < -0.4 is 14.7 Å². The molecule has 0 aliphatic carbocycles. The van der Waals surface area contributed by atoms with Gasteiger partial charge in [-0.1, -0.05) is 42.7 Å². The maximum Gasteiger partial charge on any atom is 0.295 e. The summed E-state index contributed by atoms with van der Waals surface area (Å²) in [5.74, 6) is -1.30. The molecule has 0 radical (unpaired) electrons. The molecule has 1 amide bonds. The molecule has 3 rings (SSSR count). The lowest BCUT2D eigenvalue weighted by molar-refractivity contribution is -0.895. The maximum absolute atomic E-state index is 13.4. The molecule has 1 fully saturated rings. The zero-order valence-electron chi connectivity index (χ0n) is 19.0. The summed E-state index contributed by atoms with van der Waals surface area (Å²) in [5.41, 5.74) is 0.841. The van der Waals surface area contributed by atoms with Crippen molar-refractivity contribution in [2.75, 3.05) is 32.8 Å². The molecular formula is C26H30N2O5. The van der Waals surface area contributed by atoms with E-state index in [2.05, 4.69) is 20.4 Å². The minimum Gasteiger partial charge on any atom is -0.872 e. The standard InChI is InChI=1S/C26H30N2O5/c1-4-17-33-21-13-9-19(10-14-21)24(30)22-23(18-7-11-20(29)12-8-18)28(26(32)25(22)31)16-15-27(5-2)6-3/h4,7-14,23,29-30H,1,5-6,15-17H2,2-3H3. The van der Waals surface area contributed by atoms with E-state index in [1.165, 1.54) is 21.9 Å². The number of nitrogens with one attached hydrogen (secondary N) is 1. The largest absolute Gasteiger partial charge is 0.872 e. The molecule has 7 heteroatoms. The Morgan fingerprint density at radius 1 is 1.12 bits per heavy atom. The Hall–Kier alpha value is -3.58. The van der Waals surface area contributed by atoms with Crippen molar-refractivity contribution in [1.29, 1.82) is 0 Å². The summed E-state index contributed by atoms with van der Waals surface area (Å²) in [6, 6.07) is 11.9. The number of ketones is 1. The number of amides is 1. The highest BCUT2D eigenvalue weighted by molar-refractivity contribution is 6.46. The average molecular weight is 451 g/mol. The lowest BCUT2D eigenvalue weighted by Gasteiger charge is -2.28. The Bertz CT molecular complexity index is 1020. The van der Waals surface area contributed by atoms with Gasteiger partial charge in [-0.15, -0.1) is 0 Å². The molecule has 2 aromatic carbocycles. The molecule has 0 bridgehead atoms. The quantitative estimate of drug-likeness (QED) is 0.245. The van der Waals surface area contributed by atoms with E-state index >= 15 is 0 Å². The van der Waals surface area contributed by atoms with E-state index in [4.69, 9.17) is 4.74 Å². The Morgan fingerprint density at radius 2 is 1.76 bits per heavy atom. The van der Waals surface area contributed by atoms with E-state index in [-0.39, 0.29) is 11.3 Å². The summed E-state index contributed by atoms with van der Waals surface area (Å²) in [5, 5.41) is 23.1. The van der Waals surface area contributed by atoms with Crippen molar-refractivity contribution >= 4 is 17.4 Å². The highest BCUT2D eigenvalue weighted by Crippen LogP contribution is 2.38. The number of aromatic hydroxyl groups is 1. The molecule has 1 atom stereocenters. The lowest BCUT2D eigenvalue weighted by atomic mass is 9.95. The fourth-order valence-electron chi connectivity index (χ4n) is 4.00. The van der Waals surface area contributed by atoms with Crippen molar-refractivity contribution < 1.29 is 29.4 Å². The zero-order valence-corrected chi connectivity index (χ0v) is 19.0. The molecule has 1 heterocycles. The first kappa shape index (κ1) is 24.1. The monoisotopic (exact) mass is 450 g/mol. The van der Waals surface area contributed by atoms with Gasteiger partial charge in [0.25, 0.3) is 5.91 Å². The van der Waals surface area contributed by atoms with Gasteiger partial charge >= 0.3 is 0 Å². The lowest BCUT2D eigenvalue weighted by Crippen LogP contribution is -3.12. The van der Waals surface area contributed by atoms with Crippen LogP contribution in [0.5, 0.6) is 11.5 Å². The molecule has 1 aliphatic heterocycles. The van der Waals surface area contributed by atoms with E-state index in [9.17, 15) is 19.8 Å². The summed E-state index contributed by atoms with van der Waals surface area (Å²) < 4.78 is 5.46. The zero-order chi connectivity index (χ0) is 24.0. The Labute approximate surface area is 194 Å². The molecule has 0 aromatic heterocycles. The second-order valence-corrected chi connectivity index (χ2v) is 7.90. The van der Waals surface area contributed by atoms with Crippen molar-refractivity contribution in [3.05, 3.63) is 77.9 Å². The molecule has 7 nitrogen and oxygen atoms in total. The van der Waals surface area contributed by atoms with Crippen LogP contribution in [0, 0.1) is 0 Å².